The summed E-state index contributed by atoms with van der Waals surface area (Å²) in [5.41, 5.74) is 0. The third-order valence-electron chi connectivity index (χ3n) is 1.79. The molecule has 0 rings (SSSR count). The van der Waals surface area contributed by atoms with Crippen LogP contribution in [0.5, 0.6) is 0 Å². The van der Waals surface area contributed by atoms with Crippen LogP contribution in [-0.4, -0.2) is 48.0 Å². The second-order valence-corrected chi connectivity index (χ2v) is 5.60. The van der Waals surface area contributed by atoms with E-state index < -0.39 is 15.0 Å². The zero-order valence-electron chi connectivity index (χ0n) is 8.61. The molecule has 84 valence electrons. The average molecular weight is 224 g/mol. The van der Waals surface area contributed by atoms with Crippen LogP contribution in [0.1, 0.15) is 6.42 Å². The highest BCUT2D eigenvalue weighted by Crippen LogP contribution is 2.14. The van der Waals surface area contributed by atoms with Gasteiger partial charge in [-0.25, -0.2) is 4.79 Å². The lowest BCUT2D eigenvalue weighted by molar-refractivity contribution is 0.0863. The van der Waals surface area contributed by atoms with Gasteiger partial charge in [-0.2, -0.15) is 0 Å². The predicted octanol–water partition coefficient (Wildman–Crippen LogP) is 0.949. The molecule has 6 nitrogen and oxygen atoms in total. The van der Waals surface area contributed by atoms with E-state index >= 15 is 0 Å². The monoisotopic (exact) mass is 224 g/mol. The van der Waals surface area contributed by atoms with Crippen LogP contribution >= 0.6 is 0 Å². The van der Waals surface area contributed by atoms with Gasteiger partial charge in [0.1, 0.15) is 0 Å². The molecule has 1 N–H and O–H groups in total. The molecule has 0 aromatic carbocycles. The van der Waals surface area contributed by atoms with E-state index in [1.165, 1.54) is 21.3 Å². The Bertz CT molecular complexity index is 161. The first-order chi connectivity index (χ1) is 6.60. The zero-order valence-corrected chi connectivity index (χ0v) is 9.61. The van der Waals surface area contributed by atoms with Crippen molar-refractivity contribution in [2.75, 3.05) is 27.9 Å². The van der Waals surface area contributed by atoms with Gasteiger partial charge in [-0.3, -0.25) is 0 Å². The molecule has 0 aliphatic heterocycles. The molecule has 7 heteroatoms. The summed E-state index contributed by atoms with van der Waals surface area (Å²) >= 11 is 0. The number of carboxylic acid groups (broad SMARTS) is 1. The SMILES string of the molecule is CO[Si](CCCOC(=O)O)(OC)OC. The van der Waals surface area contributed by atoms with Crippen molar-refractivity contribution in [1.29, 1.82) is 0 Å². The molecule has 0 aromatic heterocycles. The van der Waals surface area contributed by atoms with E-state index in [2.05, 4.69) is 4.74 Å². The molecular formula is C7H16O6Si. The van der Waals surface area contributed by atoms with Crippen LogP contribution in [0.25, 0.3) is 0 Å². The van der Waals surface area contributed by atoms with Gasteiger partial charge in [0.2, 0.25) is 0 Å². The fraction of sp³-hybridized carbons (Fsp3) is 0.857. The van der Waals surface area contributed by atoms with Crippen LogP contribution in [0.4, 0.5) is 4.79 Å². The first-order valence-corrected chi connectivity index (χ1v) is 6.04. The Morgan fingerprint density at radius 3 is 2.07 bits per heavy atom. The van der Waals surface area contributed by atoms with Gasteiger partial charge in [-0.1, -0.05) is 0 Å². The van der Waals surface area contributed by atoms with Gasteiger partial charge in [-0.05, 0) is 6.42 Å². The van der Waals surface area contributed by atoms with Gasteiger partial charge < -0.3 is 23.1 Å². The van der Waals surface area contributed by atoms with Crippen molar-refractivity contribution >= 4 is 15.0 Å². The minimum Gasteiger partial charge on any atom is -0.450 e. The second kappa shape index (κ2) is 6.77. The third-order valence-corrected chi connectivity index (χ3v) is 4.62. The molecule has 0 aliphatic carbocycles. The normalized spacial score (nSPS) is 11.4. The van der Waals surface area contributed by atoms with E-state index in [0.29, 0.717) is 12.5 Å². The quantitative estimate of drug-likeness (QED) is 0.394. The highest BCUT2D eigenvalue weighted by molar-refractivity contribution is 6.60. The lowest BCUT2D eigenvalue weighted by Gasteiger charge is -2.23. The smallest absolute Gasteiger partial charge is 0.450 e. The first kappa shape index (κ1) is 13.4. The number of hydrogen-bond donors (Lipinski definition) is 1. The average Bonchev–Trinajstić information content (AvgIpc) is 2.19. The van der Waals surface area contributed by atoms with Crippen LogP contribution < -0.4 is 0 Å². The Labute approximate surface area is 84.1 Å². The Balaban J connectivity index is 3.77. The van der Waals surface area contributed by atoms with Crippen molar-refractivity contribution in [2.45, 2.75) is 12.5 Å². The maximum Gasteiger partial charge on any atom is 0.505 e. The molecule has 0 radical (unpaired) electrons. The van der Waals surface area contributed by atoms with Gasteiger partial charge in [-0.15, -0.1) is 0 Å². The maximum absolute atomic E-state index is 10.0. The van der Waals surface area contributed by atoms with Crippen molar-refractivity contribution < 1.29 is 27.9 Å². The maximum atomic E-state index is 10.0. The zero-order chi connectivity index (χ0) is 11.0. The largest absolute Gasteiger partial charge is 0.505 e. The standard InChI is InChI=1S/C7H16O6Si/c1-10-14(11-2,12-3)6-4-5-13-7(8)9/h4-6H2,1-3H3,(H,8,9). The molecule has 0 saturated carbocycles. The second-order valence-electron chi connectivity index (χ2n) is 2.51. The lowest BCUT2D eigenvalue weighted by atomic mass is 10.5. The summed E-state index contributed by atoms with van der Waals surface area (Å²) in [4.78, 5) is 10.0. The number of rotatable bonds is 7. The summed E-state index contributed by atoms with van der Waals surface area (Å²) in [6, 6.07) is 0.532. The van der Waals surface area contributed by atoms with E-state index in [0.717, 1.165) is 0 Å². The summed E-state index contributed by atoms with van der Waals surface area (Å²) in [5.74, 6) is 0. The third kappa shape index (κ3) is 4.56. The highest BCUT2D eigenvalue weighted by atomic mass is 28.4. The molecule has 0 saturated heterocycles. The van der Waals surface area contributed by atoms with Gasteiger partial charge in [0, 0.05) is 27.4 Å². The van der Waals surface area contributed by atoms with Gasteiger partial charge >= 0.3 is 15.0 Å². The van der Waals surface area contributed by atoms with Crippen LogP contribution in [0.15, 0.2) is 0 Å². The van der Waals surface area contributed by atoms with E-state index in [-0.39, 0.29) is 6.61 Å². The molecule has 0 atom stereocenters. The van der Waals surface area contributed by atoms with Crippen LogP contribution in [-0.2, 0) is 18.0 Å². The van der Waals surface area contributed by atoms with Crippen molar-refractivity contribution in [3.8, 4) is 0 Å². The van der Waals surface area contributed by atoms with Gasteiger partial charge in [0.15, 0.2) is 0 Å². The summed E-state index contributed by atoms with van der Waals surface area (Å²) in [5, 5.41) is 8.21. The number of ether oxygens (including phenoxy) is 1. The molecule has 0 heterocycles. The van der Waals surface area contributed by atoms with Crippen LogP contribution in [0, 0.1) is 0 Å². The molecular weight excluding hydrogens is 208 g/mol. The predicted molar refractivity (Wildman–Crippen MR) is 50.2 cm³/mol. The van der Waals surface area contributed by atoms with E-state index in [9.17, 15) is 4.79 Å². The molecule has 14 heavy (non-hydrogen) atoms. The van der Waals surface area contributed by atoms with Gasteiger partial charge in [0.25, 0.3) is 0 Å². The van der Waals surface area contributed by atoms with E-state index in [1.807, 2.05) is 0 Å². The van der Waals surface area contributed by atoms with E-state index in [1.54, 1.807) is 0 Å². The fourth-order valence-corrected chi connectivity index (χ4v) is 2.69. The van der Waals surface area contributed by atoms with E-state index in [4.69, 9.17) is 18.4 Å². The Kier molecular flexibility index (Phi) is 6.46. The summed E-state index contributed by atoms with van der Waals surface area (Å²) in [7, 11) is 1.97. The summed E-state index contributed by atoms with van der Waals surface area (Å²) < 4.78 is 19.7. The Morgan fingerprint density at radius 1 is 1.21 bits per heavy atom. The molecule has 0 bridgehead atoms. The first-order valence-electron chi connectivity index (χ1n) is 4.11. The van der Waals surface area contributed by atoms with Crippen molar-refractivity contribution in [3.63, 3.8) is 0 Å². The van der Waals surface area contributed by atoms with Gasteiger partial charge in [0.05, 0.1) is 6.61 Å². The Hall–Kier alpha value is -0.633. The molecule has 0 amide bonds. The topological polar surface area (TPSA) is 74.2 Å². The minimum atomic E-state index is -2.56. The van der Waals surface area contributed by atoms with Crippen LogP contribution in [0.2, 0.25) is 6.04 Å². The molecule has 0 spiro atoms. The molecule has 0 aromatic rings. The molecule has 0 unspecified atom stereocenters. The summed E-state index contributed by atoms with van der Waals surface area (Å²) in [6.07, 6.45) is -0.752. The molecule has 0 aliphatic rings. The van der Waals surface area contributed by atoms with Crippen LogP contribution in [0.3, 0.4) is 0 Å². The lowest BCUT2D eigenvalue weighted by Crippen LogP contribution is -2.42. The minimum absolute atomic E-state index is 0.125. The van der Waals surface area contributed by atoms with Crippen molar-refractivity contribution in [2.24, 2.45) is 0 Å². The van der Waals surface area contributed by atoms with Crippen molar-refractivity contribution in [1.82, 2.24) is 0 Å². The molecule has 0 fully saturated rings. The number of carbonyl (C=O) groups is 1. The highest BCUT2D eigenvalue weighted by Gasteiger charge is 2.36. The van der Waals surface area contributed by atoms with Crippen molar-refractivity contribution in [3.05, 3.63) is 0 Å². The Morgan fingerprint density at radius 2 is 1.71 bits per heavy atom. The summed E-state index contributed by atoms with van der Waals surface area (Å²) in [6.45, 7) is 0.125. The fourth-order valence-electron chi connectivity index (χ4n) is 1.00. The number of hydrogen-bond acceptors (Lipinski definition) is 5.